The molecule has 0 aliphatic carbocycles. The fourth-order valence-corrected chi connectivity index (χ4v) is 2.48. The molecule has 18 heavy (non-hydrogen) atoms. The maximum Gasteiger partial charge on any atom is 0.276 e. The highest BCUT2D eigenvalue weighted by molar-refractivity contribution is 7.86. The molecule has 7 nitrogen and oxygen atoms in total. The smallest absolute Gasteiger partial charge is 0.276 e. The van der Waals surface area contributed by atoms with Gasteiger partial charge in [-0.3, -0.25) is 9.69 Å². The molecule has 1 rings (SSSR count). The van der Waals surface area contributed by atoms with Crippen molar-refractivity contribution in [3.8, 4) is 0 Å². The zero-order valence-corrected chi connectivity index (χ0v) is 12.0. The van der Waals surface area contributed by atoms with Gasteiger partial charge in [0.15, 0.2) is 0 Å². The molecule has 1 aliphatic heterocycles. The predicted octanol–water partition coefficient (Wildman–Crippen LogP) is -1.28. The third-order valence-corrected chi connectivity index (χ3v) is 3.66. The Morgan fingerprint density at radius 2 is 1.72 bits per heavy atom. The Labute approximate surface area is 108 Å². The summed E-state index contributed by atoms with van der Waals surface area (Å²) >= 11 is 0. The molecule has 0 atom stereocenters. The van der Waals surface area contributed by atoms with Crippen LogP contribution in [0.5, 0.6) is 0 Å². The second kappa shape index (κ2) is 5.52. The van der Waals surface area contributed by atoms with E-state index in [4.69, 9.17) is 5.14 Å². The molecule has 1 saturated heterocycles. The largest absolute Gasteiger partial charge is 0.350 e. The van der Waals surface area contributed by atoms with Gasteiger partial charge in [0.1, 0.15) is 0 Å². The van der Waals surface area contributed by atoms with E-state index in [2.05, 4.69) is 5.32 Å². The van der Waals surface area contributed by atoms with Gasteiger partial charge in [-0.1, -0.05) is 0 Å². The molecular formula is C10H22N4O3S. The Bertz CT molecular complexity index is 394. The molecule has 106 valence electrons. The van der Waals surface area contributed by atoms with Crippen LogP contribution in [-0.4, -0.2) is 61.8 Å². The van der Waals surface area contributed by atoms with Crippen molar-refractivity contribution in [3.63, 3.8) is 0 Å². The van der Waals surface area contributed by atoms with E-state index in [9.17, 15) is 13.2 Å². The van der Waals surface area contributed by atoms with Gasteiger partial charge in [-0.25, -0.2) is 5.14 Å². The van der Waals surface area contributed by atoms with Crippen molar-refractivity contribution in [2.75, 3.05) is 32.7 Å². The first-order valence-electron chi connectivity index (χ1n) is 5.89. The molecule has 0 bridgehead atoms. The summed E-state index contributed by atoms with van der Waals surface area (Å²) in [6, 6.07) is 0. The van der Waals surface area contributed by atoms with Crippen LogP contribution < -0.4 is 10.5 Å². The molecule has 0 aromatic heterocycles. The fourth-order valence-electron chi connectivity index (χ4n) is 1.80. The molecule has 1 amide bonds. The Hall–Kier alpha value is -0.700. The number of rotatable bonds is 3. The fraction of sp³-hybridized carbons (Fsp3) is 0.900. The minimum absolute atomic E-state index is 0.0495. The summed E-state index contributed by atoms with van der Waals surface area (Å²) in [5.74, 6) is -0.0495. The average Bonchev–Trinajstić information content (AvgIpc) is 2.13. The van der Waals surface area contributed by atoms with Crippen molar-refractivity contribution in [2.45, 2.75) is 26.3 Å². The maximum absolute atomic E-state index is 11.7. The normalized spacial score (nSPS) is 19.8. The lowest BCUT2D eigenvalue weighted by molar-refractivity contribution is -0.123. The van der Waals surface area contributed by atoms with E-state index in [-0.39, 0.29) is 18.0 Å². The third kappa shape index (κ3) is 5.30. The lowest BCUT2D eigenvalue weighted by Gasteiger charge is -2.33. The lowest BCUT2D eigenvalue weighted by atomic mass is 10.1. The average molecular weight is 278 g/mol. The Balaban J connectivity index is 2.38. The van der Waals surface area contributed by atoms with Crippen LogP contribution in [0, 0.1) is 0 Å². The number of hydrogen-bond acceptors (Lipinski definition) is 4. The van der Waals surface area contributed by atoms with E-state index >= 15 is 0 Å². The maximum atomic E-state index is 11.7. The van der Waals surface area contributed by atoms with Gasteiger partial charge >= 0.3 is 0 Å². The molecule has 0 saturated carbocycles. The van der Waals surface area contributed by atoms with Crippen molar-refractivity contribution in [2.24, 2.45) is 5.14 Å². The molecule has 1 aliphatic rings. The van der Waals surface area contributed by atoms with E-state index in [1.165, 1.54) is 4.31 Å². The van der Waals surface area contributed by atoms with Gasteiger partial charge in [-0.2, -0.15) is 12.7 Å². The zero-order valence-electron chi connectivity index (χ0n) is 11.1. The minimum Gasteiger partial charge on any atom is -0.350 e. The Morgan fingerprint density at radius 3 is 2.11 bits per heavy atom. The van der Waals surface area contributed by atoms with Crippen LogP contribution in [0.4, 0.5) is 0 Å². The van der Waals surface area contributed by atoms with E-state index < -0.39 is 10.2 Å². The number of carbonyl (C=O) groups excluding carboxylic acids is 1. The van der Waals surface area contributed by atoms with Crippen molar-refractivity contribution in [3.05, 3.63) is 0 Å². The summed E-state index contributed by atoms with van der Waals surface area (Å²) in [5.41, 5.74) is -0.250. The monoisotopic (exact) mass is 278 g/mol. The number of nitrogens with two attached hydrogens (primary N) is 1. The van der Waals surface area contributed by atoms with Crippen LogP contribution in [-0.2, 0) is 15.0 Å². The standard InChI is InChI=1S/C10H22N4O3S/c1-10(2,3)12-9(15)8-13-4-6-14(7-5-13)18(11,16)17/h4-8H2,1-3H3,(H,12,15)(H2,11,16,17). The number of amides is 1. The van der Waals surface area contributed by atoms with Crippen molar-refractivity contribution in [1.29, 1.82) is 0 Å². The molecule has 1 fully saturated rings. The SMILES string of the molecule is CC(C)(C)NC(=O)CN1CCN(S(N)(=O)=O)CC1. The summed E-state index contributed by atoms with van der Waals surface area (Å²) in [5, 5.41) is 7.91. The molecule has 1 heterocycles. The van der Waals surface area contributed by atoms with E-state index in [1.54, 1.807) is 0 Å². The van der Waals surface area contributed by atoms with Crippen LogP contribution >= 0.6 is 0 Å². The van der Waals surface area contributed by atoms with Crippen LogP contribution in [0.3, 0.4) is 0 Å². The van der Waals surface area contributed by atoms with Gasteiger partial charge in [0.25, 0.3) is 10.2 Å². The van der Waals surface area contributed by atoms with E-state index in [0.29, 0.717) is 26.2 Å². The topological polar surface area (TPSA) is 95.7 Å². The summed E-state index contributed by atoms with van der Waals surface area (Å²) in [6.07, 6.45) is 0. The first kappa shape index (κ1) is 15.4. The van der Waals surface area contributed by atoms with Crippen LogP contribution in [0.1, 0.15) is 20.8 Å². The van der Waals surface area contributed by atoms with Crippen LogP contribution in [0.15, 0.2) is 0 Å². The second-order valence-corrected chi connectivity index (χ2v) is 7.06. The molecule has 0 radical (unpaired) electrons. The molecule has 3 N–H and O–H groups in total. The molecule has 0 spiro atoms. The van der Waals surface area contributed by atoms with Gasteiger partial charge in [0.2, 0.25) is 5.91 Å². The highest BCUT2D eigenvalue weighted by Gasteiger charge is 2.25. The van der Waals surface area contributed by atoms with E-state index in [0.717, 1.165) is 0 Å². The van der Waals surface area contributed by atoms with Gasteiger partial charge in [-0.15, -0.1) is 0 Å². The Morgan fingerprint density at radius 1 is 1.22 bits per heavy atom. The highest BCUT2D eigenvalue weighted by atomic mass is 32.2. The Kier molecular flexibility index (Phi) is 4.71. The molecule has 0 aromatic rings. The number of nitrogens with zero attached hydrogens (tertiary/aromatic N) is 2. The highest BCUT2D eigenvalue weighted by Crippen LogP contribution is 2.05. The molecule has 0 unspecified atom stereocenters. The van der Waals surface area contributed by atoms with E-state index in [1.807, 2.05) is 25.7 Å². The summed E-state index contributed by atoms with van der Waals surface area (Å²) in [7, 11) is -3.60. The van der Waals surface area contributed by atoms with Crippen molar-refractivity contribution < 1.29 is 13.2 Å². The predicted molar refractivity (Wildman–Crippen MR) is 69.0 cm³/mol. The summed E-state index contributed by atoms with van der Waals surface area (Å²) in [4.78, 5) is 13.6. The molecule has 0 aromatic carbocycles. The number of hydrogen-bond donors (Lipinski definition) is 2. The van der Waals surface area contributed by atoms with Gasteiger partial charge in [-0.05, 0) is 20.8 Å². The number of nitrogens with one attached hydrogen (secondary N) is 1. The second-order valence-electron chi connectivity index (χ2n) is 5.52. The zero-order chi connectivity index (χ0) is 14.0. The van der Waals surface area contributed by atoms with Crippen molar-refractivity contribution >= 4 is 16.1 Å². The lowest BCUT2D eigenvalue weighted by Crippen LogP contribution is -2.53. The van der Waals surface area contributed by atoms with Gasteiger partial charge < -0.3 is 5.32 Å². The summed E-state index contributed by atoms with van der Waals surface area (Å²) < 4.78 is 23.4. The molecule has 8 heteroatoms. The first-order chi connectivity index (χ1) is 8.08. The first-order valence-corrected chi connectivity index (χ1v) is 7.39. The van der Waals surface area contributed by atoms with Crippen LogP contribution in [0.25, 0.3) is 0 Å². The molecular weight excluding hydrogens is 256 g/mol. The number of piperazine rings is 1. The van der Waals surface area contributed by atoms with Crippen LogP contribution in [0.2, 0.25) is 0 Å². The third-order valence-electron chi connectivity index (χ3n) is 2.57. The minimum atomic E-state index is -3.60. The van der Waals surface area contributed by atoms with Gasteiger partial charge in [0, 0.05) is 31.7 Å². The summed E-state index contributed by atoms with van der Waals surface area (Å²) in [6.45, 7) is 7.76. The quantitative estimate of drug-likeness (QED) is 0.672. The van der Waals surface area contributed by atoms with Crippen molar-refractivity contribution in [1.82, 2.24) is 14.5 Å². The number of carbonyl (C=O) groups is 1. The van der Waals surface area contributed by atoms with Gasteiger partial charge in [0.05, 0.1) is 6.54 Å².